The number of halogens is 1. The van der Waals surface area contributed by atoms with Crippen LogP contribution in [0.25, 0.3) is 0 Å². The first-order valence-electron chi connectivity index (χ1n) is 6.35. The summed E-state index contributed by atoms with van der Waals surface area (Å²) in [6.07, 6.45) is 1.57. The van der Waals surface area contributed by atoms with E-state index < -0.39 is 14.9 Å². The lowest BCUT2D eigenvalue weighted by Gasteiger charge is -2.27. The minimum Gasteiger partial charge on any atom is -0.381 e. The summed E-state index contributed by atoms with van der Waals surface area (Å²) in [6.45, 7) is 3.03. The van der Waals surface area contributed by atoms with Gasteiger partial charge >= 0.3 is 0 Å². The van der Waals surface area contributed by atoms with Crippen LogP contribution in [0, 0.1) is 16.0 Å². The molecule has 1 aromatic rings. The van der Waals surface area contributed by atoms with E-state index in [1.165, 1.54) is 0 Å². The Morgan fingerprint density at radius 3 is 2.67 bits per heavy atom. The van der Waals surface area contributed by atoms with Crippen LogP contribution in [0.2, 0.25) is 4.34 Å². The number of ether oxygens (including phenoxy) is 1. The molecule has 1 aliphatic heterocycles. The van der Waals surface area contributed by atoms with Crippen molar-refractivity contribution in [3.63, 3.8) is 0 Å². The average Bonchev–Trinajstić information content (AvgIpc) is 2.82. The van der Waals surface area contributed by atoms with Crippen molar-refractivity contribution in [3.8, 4) is 0 Å². The molecule has 2 heterocycles. The molecule has 0 saturated carbocycles. The van der Waals surface area contributed by atoms with Crippen molar-refractivity contribution in [2.75, 3.05) is 13.2 Å². The number of hydrogen-bond donors (Lipinski definition) is 1. The van der Waals surface area contributed by atoms with Crippen LogP contribution in [0.4, 0.5) is 5.69 Å². The van der Waals surface area contributed by atoms with Gasteiger partial charge in [-0.25, -0.2) is 13.1 Å². The van der Waals surface area contributed by atoms with Crippen LogP contribution in [0.15, 0.2) is 10.3 Å². The lowest BCUT2D eigenvalue weighted by molar-refractivity contribution is -0.384. The van der Waals surface area contributed by atoms with Gasteiger partial charge in [-0.2, -0.15) is 0 Å². The first kappa shape index (κ1) is 16.6. The molecule has 0 bridgehead atoms. The topological polar surface area (TPSA) is 98.5 Å². The van der Waals surface area contributed by atoms with E-state index >= 15 is 0 Å². The first-order valence-corrected chi connectivity index (χ1v) is 9.03. The zero-order valence-corrected chi connectivity index (χ0v) is 13.6. The second-order valence-corrected chi connectivity index (χ2v) is 8.44. The van der Waals surface area contributed by atoms with Crippen molar-refractivity contribution in [2.24, 2.45) is 5.92 Å². The molecular weight excluding hydrogens is 340 g/mol. The van der Waals surface area contributed by atoms with Crippen LogP contribution in [0.5, 0.6) is 0 Å². The third kappa shape index (κ3) is 3.92. The van der Waals surface area contributed by atoms with E-state index in [0.717, 1.165) is 18.9 Å². The number of nitro groups is 1. The molecule has 0 aliphatic carbocycles. The van der Waals surface area contributed by atoms with E-state index in [2.05, 4.69) is 4.72 Å². The van der Waals surface area contributed by atoms with E-state index in [-0.39, 0.29) is 26.2 Å². The zero-order chi connectivity index (χ0) is 15.6. The Kier molecular flexibility index (Phi) is 5.20. The summed E-state index contributed by atoms with van der Waals surface area (Å²) < 4.78 is 32.1. The van der Waals surface area contributed by atoms with Gasteiger partial charge in [0.1, 0.15) is 4.21 Å². The Balaban J connectivity index is 2.14. The fourth-order valence-electron chi connectivity index (χ4n) is 2.21. The predicted molar refractivity (Wildman–Crippen MR) is 79.3 cm³/mol. The van der Waals surface area contributed by atoms with Crippen LogP contribution in [0.1, 0.15) is 19.8 Å². The number of rotatable bonds is 5. The Hall–Kier alpha value is -0.740. The van der Waals surface area contributed by atoms with Crippen LogP contribution in [0.3, 0.4) is 0 Å². The molecule has 0 aromatic carbocycles. The molecule has 7 nitrogen and oxygen atoms in total. The van der Waals surface area contributed by atoms with Gasteiger partial charge < -0.3 is 4.74 Å². The van der Waals surface area contributed by atoms with E-state index in [4.69, 9.17) is 16.3 Å². The number of nitrogens with one attached hydrogen (secondary N) is 1. The normalized spacial score (nSPS) is 18.6. The van der Waals surface area contributed by atoms with Crippen LogP contribution in [-0.2, 0) is 14.8 Å². The third-order valence-electron chi connectivity index (χ3n) is 3.42. The maximum absolute atomic E-state index is 12.3. The molecule has 1 unspecified atom stereocenters. The average molecular weight is 355 g/mol. The van der Waals surface area contributed by atoms with Crippen LogP contribution >= 0.6 is 22.9 Å². The Morgan fingerprint density at radius 2 is 2.14 bits per heavy atom. The smallest absolute Gasteiger partial charge is 0.300 e. The van der Waals surface area contributed by atoms with Crippen molar-refractivity contribution >= 4 is 38.6 Å². The maximum Gasteiger partial charge on any atom is 0.300 e. The standard InChI is InChI=1S/C11H15ClN2O5S2/c1-7(8-2-4-19-5-3-8)13-21(17,18)10-6-9(14(15)16)11(12)20-10/h6-8,13H,2-5H2,1H3. The van der Waals surface area contributed by atoms with Crippen molar-refractivity contribution in [3.05, 3.63) is 20.5 Å². The molecule has 1 fully saturated rings. The van der Waals surface area contributed by atoms with Crippen LogP contribution in [-0.4, -0.2) is 32.6 Å². The molecule has 1 aromatic heterocycles. The minimum atomic E-state index is -3.81. The molecule has 1 atom stereocenters. The number of nitrogens with zero attached hydrogens (tertiary/aromatic N) is 1. The summed E-state index contributed by atoms with van der Waals surface area (Å²) in [4.78, 5) is 10.0. The van der Waals surface area contributed by atoms with Gasteiger partial charge in [0.25, 0.3) is 15.7 Å². The molecular formula is C11H15ClN2O5S2. The third-order valence-corrected chi connectivity index (χ3v) is 6.79. The van der Waals surface area contributed by atoms with Gasteiger partial charge in [0, 0.05) is 25.3 Å². The van der Waals surface area contributed by atoms with Gasteiger partial charge in [-0.1, -0.05) is 11.6 Å². The SMILES string of the molecule is CC(NS(=O)(=O)c1cc([N+](=O)[O-])c(Cl)s1)C1CCOCC1. The molecule has 0 radical (unpaired) electrons. The second-order valence-electron chi connectivity index (χ2n) is 4.84. The summed E-state index contributed by atoms with van der Waals surface area (Å²) in [6, 6.07) is 0.727. The van der Waals surface area contributed by atoms with Gasteiger partial charge in [-0.05, 0) is 25.7 Å². The maximum atomic E-state index is 12.3. The molecule has 1 saturated heterocycles. The highest BCUT2D eigenvalue weighted by molar-refractivity contribution is 7.91. The molecule has 118 valence electrons. The van der Waals surface area contributed by atoms with E-state index in [9.17, 15) is 18.5 Å². The zero-order valence-electron chi connectivity index (χ0n) is 11.2. The summed E-state index contributed by atoms with van der Waals surface area (Å²) in [5.41, 5.74) is -0.388. The van der Waals surface area contributed by atoms with Gasteiger partial charge in [-0.3, -0.25) is 10.1 Å². The number of hydrogen-bond acceptors (Lipinski definition) is 6. The fourth-order valence-corrected chi connectivity index (χ4v) is 5.20. The van der Waals surface area contributed by atoms with Crippen molar-refractivity contribution in [1.82, 2.24) is 4.72 Å². The van der Waals surface area contributed by atoms with Gasteiger partial charge in [0.15, 0.2) is 4.34 Å². The summed E-state index contributed by atoms with van der Waals surface area (Å²) in [5.74, 6) is 0.193. The van der Waals surface area contributed by atoms with Gasteiger partial charge in [-0.15, -0.1) is 11.3 Å². The molecule has 2 rings (SSSR count). The van der Waals surface area contributed by atoms with Gasteiger partial charge in [0.2, 0.25) is 0 Å². The second kappa shape index (κ2) is 6.57. The Labute approximate surface area is 131 Å². The molecule has 21 heavy (non-hydrogen) atoms. The monoisotopic (exact) mass is 354 g/mol. The Morgan fingerprint density at radius 1 is 1.52 bits per heavy atom. The van der Waals surface area contributed by atoms with Crippen molar-refractivity contribution in [2.45, 2.75) is 30.0 Å². The number of sulfonamides is 1. The van der Waals surface area contributed by atoms with Crippen molar-refractivity contribution in [1.29, 1.82) is 0 Å². The van der Waals surface area contributed by atoms with E-state index in [1.807, 2.05) is 0 Å². The lowest BCUT2D eigenvalue weighted by Crippen LogP contribution is -2.39. The quantitative estimate of drug-likeness (QED) is 0.646. The number of thiophene rings is 1. The highest BCUT2D eigenvalue weighted by Crippen LogP contribution is 2.36. The largest absolute Gasteiger partial charge is 0.381 e. The lowest BCUT2D eigenvalue weighted by atomic mass is 9.94. The Bertz CT molecular complexity index is 625. The van der Waals surface area contributed by atoms with Crippen molar-refractivity contribution < 1.29 is 18.1 Å². The molecule has 1 N–H and O–H groups in total. The minimum absolute atomic E-state index is 0.140. The highest BCUT2D eigenvalue weighted by atomic mass is 35.5. The molecule has 0 spiro atoms. The highest BCUT2D eigenvalue weighted by Gasteiger charge is 2.29. The molecule has 1 aliphatic rings. The summed E-state index contributed by atoms with van der Waals surface area (Å²) in [5, 5.41) is 10.7. The van der Waals surface area contributed by atoms with E-state index in [1.54, 1.807) is 6.92 Å². The predicted octanol–water partition coefficient (Wildman–Crippen LogP) is 2.40. The van der Waals surface area contributed by atoms with E-state index in [0.29, 0.717) is 24.6 Å². The molecule has 0 amide bonds. The summed E-state index contributed by atoms with van der Waals surface area (Å²) in [7, 11) is -3.81. The summed E-state index contributed by atoms with van der Waals surface area (Å²) >= 11 is 6.39. The fraction of sp³-hybridized carbons (Fsp3) is 0.636. The van der Waals surface area contributed by atoms with Gasteiger partial charge in [0.05, 0.1) is 4.92 Å². The first-order chi connectivity index (χ1) is 9.81. The van der Waals surface area contributed by atoms with Crippen LogP contribution < -0.4 is 4.72 Å². The molecule has 10 heteroatoms.